The normalized spacial score (nSPS) is 27.1. The van der Waals surface area contributed by atoms with E-state index in [1.165, 1.54) is 0 Å². The lowest BCUT2D eigenvalue weighted by Crippen LogP contribution is -2.47. The number of phenols is 2. The fraction of sp³-hybridized carbons (Fsp3) is 0.571. The Hall–Kier alpha value is -1.26. The van der Waals surface area contributed by atoms with Crippen LogP contribution in [0.3, 0.4) is 0 Å². The summed E-state index contributed by atoms with van der Waals surface area (Å²) in [5, 5.41) is 19.8. The van der Waals surface area contributed by atoms with E-state index in [0.29, 0.717) is 11.5 Å². The molecule has 1 saturated heterocycles. The SMILES string of the molecule is CC1CC(N)CN(C(C)c2c(O)cccc2O)C1. The maximum atomic E-state index is 9.91. The predicted octanol–water partition coefficient (Wildman–Crippen LogP) is 1.83. The Balaban J connectivity index is 2.22. The van der Waals surface area contributed by atoms with Gasteiger partial charge in [0.2, 0.25) is 0 Å². The van der Waals surface area contributed by atoms with Gasteiger partial charge in [0.05, 0.1) is 5.56 Å². The second kappa shape index (κ2) is 5.16. The molecule has 4 nitrogen and oxygen atoms in total. The monoisotopic (exact) mass is 250 g/mol. The van der Waals surface area contributed by atoms with Crippen LogP contribution < -0.4 is 5.73 Å². The Labute approximate surface area is 108 Å². The van der Waals surface area contributed by atoms with E-state index in [1.54, 1.807) is 18.2 Å². The number of nitrogens with zero attached hydrogens (tertiary/aromatic N) is 1. The molecule has 4 heteroatoms. The number of aromatic hydroxyl groups is 2. The highest BCUT2D eigenvalue weighted by Crippen LogP contribution is 2.36. The molecule has 3 unspecified atom stereocenters. The molecule has 2 rings (SSSR count). The summed E-state index contributed by atoms with van der Waals surface area (Å²) in [5.74, 6) is 0.841. The van der Waals surface area contributed by atoms with Gasteiger partial charge in [-0.15, -0.1) is 0 Å². The summed E-state index contributed by atoms with van der Waals surface area (Å²) in [5.41, 5.74) is 6.64. The zero-order valence-corrected chi connectivity index (χ0v) is 11.0. The van der Waals surface area contributed by atoms with E-state index < -0.39 is 0 Å². The van der Waals surface area contributed by atoms with Crippen LogP contribution in [-0.2, 0) is 0 Å². The van der Waals surface area contributed by atoms with Crippen molar-refractivity contribution in [1.82, 2.24) is 4.90 Å². The molecule has 0 aliphatic carbocycles. The fourth-order valence-electron chi connectivity index (χ4n) is 2.91. The number of likely N-dealkylation sites (tertiary alicyclic amines) is 1. The second-order valence-corrected chi connectivity index (χ2v) is 5.44. The van der Waals surface area contributed by atoms with E-state index in [-0.39, 0.29) is 23.6 Å². The fourth-order valence-corrected chi connectivity index (χ4v) is 2.91. The molecule has 0 saturated carbocycles. The Morgan fingerprint density at radius 2 is 1.89 bits per heavy atom. The van der Waals surface area contributed by atoms with Crippen molar-refractivity contribution in [3.05, 3.63) is 23.8 Å². The van der Waals surface area contributed by atoms with E-state index in [2.05, 4.69) is 11.8 Å². The molecule has 0 bridgehead atoms. The molecule has 100 valence electrons. The Kier molecular flexibility index (Phi) is 3.78. The highest BCUT2D eigenvalue weighted by Gasteiger charge is 2.28. The lowest BCUT2D eigenvalue weighted by atomic mass is 9.93. The number of hydrogen-bond acceptors (Lipinski definition) is 4. The number of piperidine rings is 1. The molecule has 1 aromatic rings. The molecule has 4 N–H and O–H groups in total. The summed E-state index contributed by atoms with van der Waals surface area (Å²) in [6, 6.07) is 5.01. The third kappa shape index (κ3) is 2.60. The molecule has 0 amide bonds. The van der Waals surface area contributed by atoms with Crippen molar-refractivity contribution in [1.29, 1.82) is 0 Å². The van der Waals surface area contributed by atoms with Crippen molar-refractivity contribution in [2.45, 2.75) is 32.4 Å². The maximum Gasteiger partial charge on any atom is 0.124 e. The molecule has 1 aromatic carbocycles. The van der Waals surface area contributed by atoms with Crippen LogP contribution in [0.4, 0.5) is 0 Å². The van der Waals surface area contributed by atoms with E-state index in [4.69, 9.17) is 5.73 Å². The zero-order valence-electron chi connectivity index (χ0n) is 11.0. The van der Waals surface area contributed by atoms with Gasteiger partial charge >= 0.3 is 0 Å². The summed E-state index contributed by atoms with van der Waals surface area (Å²) in [6.07, 6.45) is 1.04. The quantitative estimate of drug-likeness (QED) is 0.749. The number of benzene rings is 1. The van der Waals surface area contributed by atoms with Crippen LogP contribution in [0, 0.1) is 5.92 Å². The smallest absolute Gasteiger partial charge is 0.124 e. The summed E-state index contributed by atoms with van der Waals surface area (Å²) in [7, 11) is 0. The third-order valence-corrected chi connectivity index (χ3v) is 3.75. The molecular weight excluding hydrogens is 228 g/mol. The Morgan fingerprint density at radius 1 is 1.28 bits per heavy atom. The van der Waals surface area contributed by atoms with E-state index >= 15 is 0 Å². The molecule has 1 heterocycles. The number of nitrogens with two attached hydrogens (primary N) is 1. The summed E-state index contributed by atoms with van der Waals surface area (Å²) in [6.45, 7) is 5.94. The van der Waals surface area contributed by atoms with Gasteiger partial charge in [-0.1, -0.05) is 13.0 Å². The first-order valence-corrected chi connectivity index (χ1v) is 6.49. The van der Waals surface area contributed by atoms with Crippen molar-refractivity contribution < 1.29 is 10.2 Å². The van der Waals surface area contributed by atoms with Crippen LogP contribution in [0.1, 0.15) is 31.9 Å². The highest BCUT2D eigenvalue weighted by atomic mass is 16.3. The minimum Gasteiger partial charge on any atom is -0.507 e. The molecule has 0 radical (unpaired) electrons. The topological polar surface area (TPSA) is 69.7 Å². The first-order valence-electron chi connectivity index (χ1n) is 6.49. The van der Waals surface area contributed by atoms with Crippen molar-refractivity contribution in [3.63, 3.8) is 0 Å². The van der Waals surface area contributed by atoms with Gasteiger partial charge in [0, 0.05) is 25.2 Å². The van der Waals surface area contributed by atoms with Gasteiger partial charge in [0.1, 0.15) is 11.5 Å². The Morgan fingerprint density at radius 3 is 2.44 bits per heavy atom. The van der Waals surface area contributed by atoms with Crippen LogP contribution in [0.25, 0.3) is 0 Å². The van der Waals surface area contributed by atoms with Crippen molar-refractivity contribution in [3.8, 4) is 11.5 Å². The molecule has 18 heavy (non-hydrogen) atoms. The maximum absolute atomic E-state index is 9.91. The predicted molar refractivity (Wildman–Crippen MR) is 71.5 cm³/mol. The molecule has 0 aromatic heterocycles. The van der Waals surface area contributed by atoms with Gasteiger partial charge in [0.15, 0.2) is 0 Å². The molecule has 0 spiro atoms. The average Bonchev–Trinajstić information content (AvgIpc) is 2.27. The van der Waals surface area contributed by atoms with Crippen molar-refractivity contribution in [2.75, 3.05) is 13.1 Å². The van der Waals surface area contributed by atoms with E-state index in [0.717, 1.165) is 19.5 Å². The van der Waals surface area contributed by atoms with Gasteiger partial charge in [0.25, 0.3) is 0 Å². The first kappa shape index (κ1) is 13.2. The number of hydrogen-bond donors (Lipinski definition) is 3. The van der Waals surface area contributed by atoms with Crippen LogP contribution in [0.2, 0.25) is 0 Å². The number of phenolic OH excluding ortho intramolecular Hbond substituents is 2. The lowest BCUT2D eigenvalue weighted by molar-refractivity contribution is 0.121. The molecule has 1 aliphatic rings. The lowest BCUT2D eigenvalue weighted by Gasteiger charge is -2.39. The van der Waals surface area contributed by atoms with Gasteiger partial charge in [-0.2, -0.15) is 0 Å². The molecule has 1 aliphatic heterocycles. The number of rotatable bonds is 2. The van der Waals surface area contributed by atoms with E-state index in [9.17, 15) is 10.2 Å². The zero-order chi connectivity index (χ0) is 13.3. The molecule has 3 atom stereocenters. The summed E-state index contributed by atoms with van der Waals surface area (Å²) < 4.78 is 0. The minimum atomic E-state index is -0.0278. The van der Waals surface area contributed by atoms with Crippen molar-refractivity contribution >= 4 is 0 Å². The highest BCUT2D eigenvalue weighted by molar-refractivity contribution is 5.45. The van der Waals surface area contributed by atoms with E-state index in [1.807, 2.05) is 6.92 Å². The van der Waals surface area contributed by atoms with Gasteiger partial charge in [-0.25, -0.2) is 0 Å². The standard InChI is InChI=1S/C14H22N2O2/c1-9-6-11(15)8-16(7-9)10(2)14-12(17)4-3-5-13(14)18/h3-5,9-11,17-18H,6-8,15H2,1-2H3. The summed E-state index contributed by atoms with van der Waals surface area (Å²) >= 11 is 0. The average molecular weight is 250 g/mol. The summed E-state index contributed by atoms with van der Waals surface area (Å²) in [4.78, 5) is 2.23. The van der Waals surface area contributed by atoms with Gasteiger partial charge in [-0.3, -0.25) is 4.90 Å². The van der Waals surface area contributed by atoms with Gasteiger partial charge < -0.3 is 15.9 Å². The second-order valence-electron chi connectivity index (χ2n) is 5.44. The molecular formula is C14H22N2O2. The largest absolute Gasteiger partial charge is 0.507 e. The van der Waals surface area contributed by atoms with Gasteiger partial charge in [-0.05, 0) is 31.4 Å². The first-order chi connectivity index (χ1) is 8.49. The molecule has 1 fully saturated rings. The van der Waals surface area contributed by atoms with Crippen molar-refractivity contribution in [2.24, 2.45) is 11.7 Å². The van der Waals surface area contributed by atoms with Crippen LogP contribution in [0.15, 0.2) is 18.2 Å². The van der Waals surface area contributed by atoms with Crippen LogP contribution in [-0.4, -0.2) is 34.2 Å². The van der Waals surface area contributed by atoms with Crippen LogP contribution in [0.5, 0.6) is 11.5 Å². The minimum absolute atomic E-state index is 0.0278. The Bertz CT molecular complexity index is 392. The van der Waals surface area contributed by atoms with Crippen LogP contribution >= 0.6 is 0 Å². The third-order valence-electron chi connectivity index (χ3n) is 3.75.